The highest BCUT2D eigenvalue weighted by atomic mass is 35.5. The lowest BCUT2D eigenvalue weighted by atomic mass is 10.2. The van der Waals surface area contributed by atoms with Crippen molar-refractivity contribution in [3.05, 3.63) is 81.5 Å². The summed E-state index contributed by atoms with van der Waals surface area (Å²) in [5.74, 6) is 0.223. The third-order valence-electron chi connectivity index (χ3n) is 5.36. The van der Waals surface area contributed by atoms with E-state index in [4.69, 9.17) is 27.6 Å². The zero-order valence-electron chi connectivity index (χ0n) is 17.3. The number of oxazole rings is 1. The van der Waals surface area contributed by atoms with Crippen molar-refractivity contribution in [3.63, 3.8) is 0 Å². The third kappa shape index (κ3) is 5.86. The Hall–Kier alpha value is -2.38. The smallest absolute Gasteiger partial charge is 0.277 e. The summed E-state index contributed by atoms with van der Waals surface area (Å²) in [6.07, 6.45) is 1.40. The molecule has 1 amide bonds. The molecule has 6 nitrogen and oxygen atoms in total. The van der Waals surface area contributed by atoms with E-state index in [2.05, 4.69) is 32.2 Å². The van der Waals surface area contributed by atoms with Crippen LogP contribution in [0.3, 0.4) is 0 Å². The van der Waals surface area contributed by atoms with E-state index >= 15 is 0 Å². The molecule has 1 saturated heterocycles. The van der Waals surface area contributed by atoms with Crippen molar-refractivity contribution in [2.75, 3.05) is 31.5 Å². The highest BCUT2D eigenvalue weighted by Crippen LogP contribution is 2.20. The van der Waals surface area contributed by atoms with E-state index in [9.17, 15) is 4.79 Å². The molecule has 8 heteroatoms. The molecule has 0 radical (unpaired) electrons. The first kappa shape index (κ1) is 21.8. The third-order valence-corrected chi connectivity index (χ3v) is 6.02. The van der Waals surface area contributed by atoms with Crippen LogP contribution < -0.4 is 5.32 Å². The van der Waals surface area contributed by atoms with Crippen LogP contribution in [0.1, 0.15) is 27.5 Å². The largest absolute Gasteiger partial charge is 0.447 e. The zero-order valence-corrected chi connectivity index (χ0v) is 18.8. The Labute approximate surface area is 191 Å². The van der Waals surface area contributed by atoms with Gasteiger partial charge in [-0.05, 0) is 42.3 Å². The molecule has 1 aliphatic rings. The second kappa shape index (κ2) is 9.83. The average Bonchev–Trinajstić information content (AvgIpc) is 3.22. The maximum Gasteiger partial charge on any atom is 0.277 e. The van der Waals surface area contributed by atoms with E-state index in [-0.39, 0.29) is 11.6 Å². The van der Waals surface area contributed by atoms with Crippen LogP contribution >= 0.6 is 23.2 Å². The van der Waals surface area contributed by atoms with Gasteiger partial charge in [0.15, 0.2) is 5.69 Å². The minimum atomic E-state index is -0.317. The fraction of sp³-hybridized carbons (Fsp3) is 0.304. The van der Waals surface area contributed by atoms with E-state index < -0.39 is 0 Å². The lowest BCUT2D eigenvalue weighted by Crippen LogP contribution is -2.45. The van der Waals surface area contributed by atoms with Crippen molar-refractivity contribution in [1.29, 1.82) is 0 Å². The van der Waals surface area contributed by atoms with Crippen LogP contribution in [0.2, 0.25) is 10.0 Å². The van der Waals surface area contributed by atoms with Crippen LogP contribution in [0.15, 0.2) is 53.1 Å². The van der Waals surface area contributed by atoms with E-state index in [1.165, 1.54) is 11.8 Å². The second-order valence-corrected chi connectivity index (χ2v) is 8.57. The molecular weight excluding hydrogens is 435 g/mol. The number of piperazine rings is 1. The molecule has 0 atom stereocenters. The molecule has 0 spiro atoms. The Balaban J connectivity index is 1.26. The first-order valence-electron chi connectivity index (χ1n) is 10.2. The number of aryl methyl sites for hydroxylation is 1. The number of nitrogens with zero attached hydrogens (tertiary/aromatic N) is 3. The maximum atomic E-state index is 12.4. The number of anilines is 1. The molecule has 4 rings (SSSR count). The van der Waals surface area contributed by atoms with Gasteiger partial charge in [0.1, 0.15) is 6.26 Å². The quantitative estimate of drug-likeness (QED) is 0.571. The molecule has 1 fully saturated rings. The number of benzene rings is 2. The summed E-state index contributed by atoms with van der Waals surface area (Å²) in [5.41, 5.74) is 3.10. The summed E-state index contributed by atoms with van der Waals surface area (Å²) >= 11 is 12.1. The summed E-state index contributed by atoms with van der Waals surface area (Å²) in [7, 11) is 0. The normalized spacial score (nSPS) is 15.2. The van der Waals surface area contributed by atoms with E-state index in [0.717, 1.165) is 43.3 Å². The lowest BCUT2D eigenvalue weighted by Gasteiger charge is -2.34. The van der Waals surface area contributed by atoms with Gasteiger partial charge in [-0.25, -0.2) is 4.98 Å². The molecular formula is C23H24Cl2N4O2. The first-order valence-corrected chi connectivity index (χ1v) is 10.9. The number of aromatic nitrogens is 1. The van der Waals surface area contributed by atoms with Crippen molar-refractivity contribution < 1.29 is 9.21 Å². The van der Waals surface area contributed by atoms with Gasteiger partial charge in [0, 0.05) is 48.5 Å². The van der Waals surface area contributed by atoms with Crippen LogP contribution in [0.25, 0.3) is 0 Å². The minimum absolute atomic E-state index is 0.257. The molecule has 1 aliphatic heterocycles. The van der Waals surface area contributed by atoms with Gasteiger partial charge in [-0.1, -0.05) is 41.4 Å². The van der Waals surface area contributed by atoms with Crippen LogP contribution in [0.5, 0.6) is 0 Å². The molecule has 2 heterocycles. The number of hydrogen-bond acceptors (Lipinski definition) is 5. The topological polar surface area (TPSA) is 61.6 Å². The Bertz CT molecular complexity index is 1040. The predicted octanol–water partition coefficient (Wildman–Crippen LogP) is 4.86. The zero-order chi connectivity index (χ0) is 21.8. The van der Waals surface area contributed by atoms with Gasteiger partial charge in [-0.2, -0.15) is 0 Å². The van der Waals surface area contributed by atoms with Gasteiger partial charge in [-0.3, -0.25) is 14.6 Å². The van der Waals surface area contributed by atoms with Crippen LogP contribution in [0, 0.1) is 6.92 Å². The Kier molecular flexibility index (Phi) is 6.92. The highest BCUT2D eigenvalue weighted by Gasteiger charge is 2.20. The average molecular weight is 459 g/mol. The monoisotopic (exact) mass is 458 g/mol. The van der Waals surface area contributed by atoms with Gasteiger partial charge in [0.2, 0.25) is 5.89 Å². The highest BCUT2D eigenvalue weighted by molar-refractivity contribution is 6.31. The van der Waals surface area contributed by atoms with E-state index in [1.807, 2.05) is 31.2 Å². The summed E-state index contributed by atoms with van der Waals surface area (Å²) in [6.45, 7) is 7.17. The van der Waals surface area contributed by atoms with E-state index in [1.54, 1.807) is 6.07 Å². The summed E-state index contributed by atoms with van der Waals surface area (Å²) < 4.78 is 5.54. The fourth-order valence-corrected chi connectivity index (χ4v) is 3.80. The van der Waals surface area contributed by atoms with Gasteiger partial charge >= 0.3 is 0 Å². The number of halogens is 2. The molecule has 2 aromatic carbocycles. The number of carbonyl (C=O) groups is 1. The van der Waals surface area contributed by atoms with Crippen molar-refractivity contribution in [1.82, 2.24) is 14.8 Å². The summed E-state index contributed by atoms with van der Waals surface area (Å²) in [4.78, 5) is 21.5. The summed E-state index contributed by atoms with van der Waals surface area (Å²) in [5, 5.41) is 4.17. The molecule has 1 N–H and O–H groups in total. The van der Waals surface area contributed by atoms with Gasteiger partial charge in [0.05, 0.1) is 6.54 Å². The maximum absolute atomic E-state index is 12.4. The molecule has 0 saturated carbocycles. The molecule has 3 aromatic rings. The minimum Gasteiger partial charge on any atom is -0.447 e. The number of rotatable bonds is 6. The SMILES string of the molecule is Cc1ccc(NC(=O)c2coc(CN3CCN(Cc4ccc(Cl)cc4)CC3)n2)cc1Cl. The van der Waals surface area contributed by atoms with Crippen LogP contribution in [0.4, 0.5) is 5.69 Å². The second-order valence-electron chi connectivity index (χ2n) is 7.72. The molecule has 162 valence electrons. The molecule has 1 aromatic heterocycles. The van der Waals surface area contributed by atoms with Gasteiger partial charge in [0.25, 0.3) is 5.91 Å². The van der Waals surface area contributed by atoms with Gasteiger partial charge < -0.3 is 9.73 Å². The Morgan fingerprint density at radius 1 is 1.03 bits per heavy atom. The van der Waals surface area contributed by atoms with Crippen LogP contribution in [-0.2, 0) is 13.1 Å². The standard InChI is InChI=1S/C23H24Cl2N4O2/c1-16-2-7-19(12-20(16)25)26-23(30)21-15-31-22(27-21)14-29-10-8-28(9-11-29)13-17-3-5-18(24)6-4-17/h2-7,12,15H,8-11,13-14H2,1H3,(H,26,30). The molecule has 0 unspecified atom stereocenters. The van der Waals surface area contributed by atoms with Crippen molar-refractivity contribution in [2.45, 2.75) is 20.0 Å². The number of carbonyl (C=O) groups excluding carboxylic acids is 1. The van der Waals surface area contributed by atoms with Crippen molar-refractivity contribution >= 4 is 34.8 Å². The van der Waals surface area contributed by atoms with Crippen molar-refractivity contribution in [2.24, 2.45) is 0 Å². The molecule has 0 aliphatic carbocycles. The van der Waals surface area contributed by atoms with E-state index in [0.29, 0.717) is 23.1 Å². The number of hydrogen-bond donors (Lipinski definition) is 1. The predicted molar refractivity (Wildman–Crippen MR) is 123 cm³/mol. The van der Waals surface area contributed by atoms with Crippen molar-refractivity contribution in [3.8, 4) is 0 Å². The number of amides is 1. The number of nitrogens with one attached hydrogen (secondary N) is 1. The first-order chi connectivity index (χ1) is 15.0. The lowest BCUT2D eigenvalue weighted by molar-refractivity contribution is 0.102. The Morgan fingerprint density at radius 3 is 2.39 bits per heavy atom. The summed E-state index contributed by atoms with van der Waals surface area (Å²) in [6, 6.07) is 13.4. The van der Waals surface area contributed by atoms with Gasteiger partial charge in [-0.15, -0.1) is 0 Å². The Morgan fingerprint density at radius 2 is 1.71 bits per heavy atom. The fourth-order valence-electron chi connectivity index (χ4n) is 3.50. The van der Waals surface area contributed by atoms with Crippen LogP contribution in [-0.4, -0.2) is 46.9 Å². The molecule has 31 heavy (non-hydrogen) atoms. The molecule has 0 bridgehead atoms.